The molecule has 7 heteroatoms. The number of aromatic nitrogens is 4. The molecule has 1 N–H and O–H groups in total. The average molecular weight is 253 g/mol. The fourth-order valence-electron chi connectivity index (χ4n) is 1.09. The van der Waals surface area contributed by atoms with Crippen LogP contribution in [0.2, 0.25) is 0 Å². The van der Waals surface area contributed by atoms with Gasteiger partial charge in [-0.3, -0.25) is 0 Å². The smallest absolute Gasteiger partial charge is 0.194 e. The zero-order valence-corrected chi connectivity index (χ0v) is 10.6. The fourth-order valence-corrected chi connectivity index (χ4v) is 2.71. The van der Waals surface area contributed by atoms with Gasteiger partial charge in [0.05, 0.1) is 0 Å². The van der Waals surface area contributed by atoms with Gasteiger partial charge in [0.25, 0.3) is 0 Å². The molecule has 0 saturated heterocycles. The second-order valence-corrected chi connectivity index (χ2v) is 5.49. The predicted octanol–water partition coefficient (Wildman–Crippen LogP) is 1.51. The Morgan fingerprint density at radius 2 is 2.06 bits per heavy atom. The summed E-state index contributed by atoms with van der Waals surface area (Å²) in [6.45, 7) is 2.71. The molecule has 0 spiro atoms. The third kappa shape index (κ3) is 2.97. The average Bonchev–Trinajstić information content (AvgIpc) is 2.67. The Labute approximate surface area is 102 Å². The fraction of sp³-hybridized carbons (Fsp3) is 0.333. The molecule has 0 unspecified atom stereocenters. The highest BCUT2D eigenvalue weighted by molar-refractivity contribution is 8.00. The van der Waals surface area contributed by atoms with Crippen molar-refractivity contribution in [3.63, 3.8) is 0 Å². The van der Waals surface area contributed by atoms with Gasteiger partial charge in [-0.2, -0.15) is 0 Å². The van der Waals surface area contributed by atoms with Crippen LogP contribution in [0.3, 0.4) is 0 Å². The molecule has 2 aromatic heterocycles. The number of hydrogen-bond acceptors (Lipinski definition) is 7. The molecule has 0 saturated carbocycles. The third-order valence-corrected chi connectivity index (χ3v) is 3.53. The number of hydrogen-bond donors (Lipinski definition) is 1. The first-order valence-corrected chi connectivity index (χ1v) is 6.34. The van der Waals surface area contributed by atoms with Gasteiger partial charge >= 0.3 is 0 Å². The summed E-state index contributed by atoms with van der Waals surface area (Å²) in [5.74, 6) is 0. The molecule has 0 aliphatic heterocycles. The maximum Gasteiger partial charge on any atom is 0.194 e. The Bertz CT molecular complexity index is 453. The molecule has 84 valence electrons. The van der Waals surface area contributed by atoms with Crippen LogP contribution in [0, 0.1) is 6.92 Å². The van der Waals surface area contributed by atoms with E-state index in [0.717, 1.165) is 21.5 Å². The van der Waals surface area contributed by atoms with Gasteiger partial charge in [-0.1, -0.05) is 11.3 Å². The lowest BCUT2D eigenvalue weighted by Gasteiger charge is -1.99. The summed E-state index contributed by atoms with van der Waals surface area (Å²) in [5, 5.41) is 12.7. The van der Waals surface area contributed by atoms with E-state index in [4.69, 9.17) is 0 Å². The molecule has 2 heterocycles. The molecule has 0 bridgehead atoms. The highest BCUT2D eigenvalue weighted by atomic mass is 32.2. The van der Waals surface area contributed by atoms with Gasteiger partial charge in [0, 0.05) is 24.5 Å². The van der Waals surface area contributed by atoms with Crippen molar-refractivity contribution in [3.8, 4) is 0 Å². The van der Waals surface area contributed by atoms with Crippen LogP contribution in [-0.2, 0) is 6.54 Å². The van der Waals surface area contributed by atoms with E-state index in [1.165, 1.54) is 11.8 Å². The molecule has 2 aromatic rings. The standard InChI is InChI=1S/C9H11N5S2/c1-6-13-14-9(15-6)16-8-11-4-7(3-10-2)5-12-8/h4-5,10H,3H2,1-2H3. The van der Waals surface area contributed by atoms with Crippen LogP contribution < -0.4 is 5.32 Å². The van der Waals surface area contributed by atoms with Crippen molar-refractivity contribution < 1.29 is 0 Å². The molecule has 2 rings (SSSR count). The lowest BCUT2D eigenvalue weighted by molar-refractivity contribution is 0.793. The van der Waals surface area contributed by atoms with Crippen LogP contribution in [0.15, 0.2) is 21.9 Å². The molecule has 0 radical (unpaired) electrons. The van der Waals surface area contributed by atoms with E-state index in [2.05, 4.69) is 25.5 Å². The third-order valence-electron chi connectivity index (χ3n) is 1.75. The summed E-state index contributed by atoms with van der Waals surface area (Å²) >= 11 is 2.98. The maximum atomic E-state index is 4.25. The second kappa shape index (κ2) is 5.33. The van der Waals surface area contributed by atoms with Crippen LogP contribution >= 0.6 is 23.1 Å². The molecule has 0 aliphatic carbocycles. The normalized spacial score (nSPS) is 10.6. The van der Waals surface area contributed by atoms with Crippen molar-refractivity contribution in [2.24, 2.45) is 0 Å². The van der Waals surface area contributed by atoms with Gasteiger partial charge in [-0.15, -0.1) is 10.2 Å². The van der Waals surface area contributed by atoms with E-state index in [1.807, 2.05) is 26.4 Å². The van der Waals surface area contributed by atoms with Gasteiger partial charge in [0.2, 0.25) is 0 Å². The SMILES string of the molecule is CNCc1cnc(Sc2nnc(C)s2)nc1. The van der Waals surface area contributed by atoms with Crippen molar-refractivity contribution in [1.82, 2.24) is 25.5 Å². The first-order valence-electron chi connectivity index (χ1n) is 4.71. The number of rotatable bonds is 4. The summed E-state index contributed by atoms with van der Waals surface area (Å²) < 4.78 is 0.874. The number of aryl methyl sites for hydroxylation is 1. The van der Waals surface area contributed by atoms with Crippen molar-refractivity contribution in [2.45, 2.75) is 23.0 Å². The first-order chi connectivity index (χ1) is 7.78. The van der Waals surface area contributed by atoms with Crippen molar-refractivity contribution in [3.05, 3.63) is 23.0 Å². The van der Waals surface area contributed by atoms with Crippen LogP contribution in [-0.4, -0.2) is 27.2 Å². The molecule has 0 amide bonds. The van der Waals surface area contributed by atoms with E-state index in [9.17, 15) is 0 Å². The zero-order valence-electron chi connectivity index (χ0n) is 8.97. The highest BCUT2D eigenvalue weighted by Crippen LogP contribution is 2.26. The summed E-state index contributed by atoms with van der Waals surface area (Å²) in [7, 11) is 1.90. The Kier molecular flexibility index (Phi) is 3.81. The van der Waals surface area contributed by atoms with Crippen LogP contribution in [0.5, 0.6) is 0 Å². The van der Waals surface area contributed by atoms with E-state index >= 15 is 0 Å². The molecule has 0 fully saturated rings. The Morgan fingerprint density at radius 3 is 2.62 bits per heavy atom. The van der Waals surface area contributed by atoms with Crippen molar-refractivity contribution >= 4 is 23.1 Å². The first kappa shape index (κ1) is 11.4. The van der Waals surface area contributed by atoms with Crippen molar-refractivity contribution in [2.75, 3.05) is 7.05 Å². The summed E-state index contributed by atoms with van der Waals surface area (Å²) in [6, 6.07) is 0. The molecular formula is C9H11N5S2. The van der Waals surface area contributed by atoms with E-state index in [-0.39, 0.29) is 0 Å². The van der Waals surface area contributed by atoms with Gasteiger partial charge in [-0.05, 0) is 25.7 Å². The summed E-state index contributed by atoms with van der Waals surface area (Å²) in [4.78, 5) is 8.51. The minimum absolute atomic E-state index is 0.705. The maximum absolute atomic E-state index is 4.25. The lowest BCUT2D eigenvalue weighted by atomic mass is 10.3. The molecular weight excluding hydrogens is 242 g/mol. The van der Waals surface area contributed by atoms with Gasteiger partial charge in [0.15, 0.2) is 9.50 Å². The van der Waals surface area contributed by atoms with Gasteiger partial charge in [-0.25, -0.2) is 9.97 Å². The highest BCUT2D eigenvalue weighted by Gasteiger charge is 2.05. The van der Waals surface area contributed by atoms with E-state index in [0.29, 0.717) is 5.16 Å². The molecule has 0 aromatic carbocycles. The molecule has 0 aliphatic rings. The molecule has 0 atom stereocenters. The van der Waals surface area contributed by atoms with Gasteiger partial charge in [0.1, 0.15) is 5.01 Å². The second-order valence-electron chi connectivity index (χ2n) is 3.09. The van der Waals surface area contributed by atoms with E-state index in [1.54, 1.807) is 11.3 Å². The zero-order chi connectivity index (χ0) is 11.4. The Hall–Kier alpha value is -1.05. The van der Waals surface area contributed by atoms with Crippen molar-refractivity contribution in [1.29, 1.82) is 0 Å². The van der Waals surface area contributed by atoms with E-state index < -0.39 is 0 Å². The number of nitrogens with one attached hydrogen (secondary N) is 1. The van der Waals surface area contributed by atoms with Crippen LogP contribution in [0.1, 0.15) is 10.6 Å². The predicted molar refractivity (Wildman–Crippen MR) is 63.6 cm³/mol. The molecule has 16 heavy (non-hydrogen) atoms. The van der Waals surface area contributed by atoms with Gasteiger partial charge < -0.3 is 5.32 Å². The molecule has 5 nitrogen and oxygen atoms in total. The summed E-state index contributed by atoms with van der Waals surface area (Å²) in [5.41, 5.74) is 1.07. The quantitative estimate of drug-likeness (QED) is 0.833. The minimum atomic E-state index is 0.705. The number of nitrogens with zero attached hydrogens (tertiary/aromatic N) is 4. The minimum Gasteiger partial charge on any atom is -0.316 e. The Balaban J connectivity index is 2.05. The van der Waals surface area contributed by atoms with Crippen LogP contribution in [0.25, 0.3) is 0 Å². The monoisotopic (exact) mass is 253 g/mol. The topological polar surface area (TPSA) is 63.6 Å². The Morgan fingerprint density at radius 1 is 1.31 bits per heavy atom. The largest absolute Gasteiger partial charge is 0.316 e. The van der Waals surface area contributed by atoms with Crippen LogP contribution in [0.4, 0.5) is 0 Å². The lowest BCUT2D eigenvalue weighted by Crippen LogP contribution is -2.05. The summed E-state index contributed by atoms with van der Waals surface area (Å²) in [6.07, 6.45) is 3.64.